The van der Waals surface area contributed by atoms with E-state index in [0.29, 0.717) is 17.1 Å². The Morgan fingerprint density at radius 2 is 1.67 bits per heavy atom. The molecule has 1 heterocycles. The van der Waals surface area contributed by atoms with Gasteiger partial charge < -0.3 is 19.7 Å². The van der Waals surface area contributed by atoms with Gasteiger partial charge in [0.25, 0.3) is 5.91 Å². The van der Waals surface area contributed by atoms with Crippen molar-refractivity contribution in [3.63, 3.8) is 0 Å². The summed E-state index contributed by atoms with van der Waals surface area (Å²) in [6.07, 6.45) is 6.83. The van der Waals surface area contributed by atoms with Crippen LogP contribution < -0.4 is 14.8 Å². The van der Waals surface area contributed by atoms with E-state index >= 15 is 0 Å². The van der Waals surface area contributed by atoms with Crippen molar-refractivity contribution in [2.75, 3.05) is 14.2 Å². The molecule has 7 heteroatoms. The lowest BCUT2D eigenvalue weighted by molar-refractivity contribution is -0.127. The Morgan fingerprint density at radius 1 is 0.944 bits per heavy atom. The van der Waals surface area contributed by atoms with Gasteiger partial charge in [0.15, 0.2) is 11.5 Å². The van der Waals surface area contributed by atoms with Gasteiger partial charge in [-0.3, -0.25) is 14.6 Å². The predicted molar refractivity (Wildman–Crippen MR) is 138 cm³/mol. The molecule has 4 rings (SSSR count). The monoisotopic (exact) mass is 487 g/mol. The molecule has 188 valence electrons. The van der Waals surface area contributed by atoms with Crippen LogP contribution in [0.25, 0.3) is 0 Å². The zero-order valence-corrected chi connectivity index (χ0v) is 20.9. The minimum Gasteiger partial charge on any atom is -0.493 e. The maximum absolute atomic E-state index is 13.9. The number of amides is 2. The normalized spacial score (nSPS) is 14.5. The first-order valence-electron chi connectivity index (χ1n) is 12.4. The van der Waals surface area contributed by atoms with E-state index in [0.717, 1.165) is 31.2 Å². The first kappa shape index (κ1) is 25.2. The van der Waals surface area contributed by atoms with Gasteiger partial charge in [-0.2, -0.15) is 0 Å². The van der Waals surface area contributed by atoms with Gasteiger partial charge in [-0.1, -0.05) is 61.7 Å². The SMILES string of the molecule is COc1ccc(C(C(=O)NC2CCCCC2)N(Cc2ccccc2)C(=O)c2ccccn2)cc1OC. The van der Waals surface area contributed by atoms with Crippen molar-refractivity contribution in [3.8, 4) is 11.5 Å². The van der Waals surface area contributed by atoms with E-state index in [1.807, 2.05) is 36.4 Å². The van der Waals surface area contributed by atoms with Crippen LogP contribution in [-0.2, 0) is 11.3 Å². The van der Waals surface area contributed by atoms with E-state index in [-0.39, 0.29) is 30.1 Å². The van der Waals surface area contributed by atoms with Crippen molar-refractivity contribution in [2.45, 2.75) is 50.7 Å². The van der Waals surface area contributed by atoms with Crippen molar-refractivity contribution in [1.29, 1.82) is 0 Å². The molecular weight excluding hydrogens is 454 g/mol. The Bertz CT molecular complexity index is 1150. The van der Waals surface area contributed by atoms with Crippen LogP contribution in [0, 0.1) is 0 Å². The number of carbonyl (C=O) groups excluding carboxylic acids is 2. The molecule has 1 saturated carbocycles. The third kappa shape index (κ3) is 6.03. The maximum atomic E-state index is 13.9. The average molecular weight is 488 g/mol. The number of nitrogens with one attached hydrogen (secondary N) is 1. The highest BCUT2D eigenvalue weighted by atomic mass is 16.5. The molecule has 1 aliphatic carbocycles. The summed E-state index contributed by atoms with van der Waals surface area (Å²) in [4.78, 5) is 33.7. The molecule has 1 unspecified atom stereocenters. The van der Waals surface area contributed by atoms with Crippen LogP contribution in [0.1, 0.15) is 59.8 Å². The van der Waals surface area contributed by atoms with Crippen LogP contribution in [0.15, 0.2) is 72.9 Å². The van der Waals surface area contributed by atoms with Gasteiger partial charge in [0.1, 0.15) is 11.7 Å². The molecule has 1 atom stereocenters. The summed E-state index contributed by atoms with van der Waals surface area (Å²) < 4.78 is 10.9. The Labute approximate surface area is 212 Å². The van der Waals surface area contributed by atoms with Crippen LogP contribution in [0.5, 0.6) is 11.5 Å². The molecule has 1 N–H and O–H groups in total. The van der Waals surface area contributed by atoms with Crippen LogP contribution in [0.4, 0.5) is 0 Å². The summed E-state index contributed by atoms with van der Waals surface area (Å²) in [7, 11) is 3.12. The number of ether oxygens (including phenoxy) is 2. The minimum atomic E-state index is -0.888. The number of methoxy groups -OCH3 is 2. The van der Waals surface area contributed by atoms with Gasteiger partial charge in [-0.05, 0) is 48.2 Å². The zero-order valence-electron chi connectivity index (χ0n) is 20.9. The van der Waals surface area contributed by atoms with Gasteiger partial charge in [0.05, 0.1) is 14.2 Å². The summed E-state index contributed by atoms with van der Waals surface area (Å²) in [6, 6.07) is 19.4. The predicted octanol–water partition coefficient (Wildman–Crippen LogP) is 4.93. The average Bonchev–Trinajstić information content (AvgIpc) is 2.93. The third-order valence-electron chi connectivity index (χ3n) is 6.58. The molecule has 1 aliphatic rings. The molecule has 2 amide bonds. The number of rotatable bonds is 9. The Balaban J connectivity index is 1.78. The van der Waals surface area contributed by atoms with E-state index in [1.54, 1.807) is 55.6 Å². The molecule has 1 fully saturated rings. The summed E-state index contributed by atoms with van der Waals surface area (Å²) in [5, 5.41) is 3.23. The first-order chi connectivity index (χ1) is 17.6. The first-order valence-corrected chi connectivity index (χ1v) is 12.4. The fraction of sp³-hybridized carbons (Fsp3) is 0.345. The van der Waals surface area contributed by atoms with Gasteiger partial charge in [0.2, 0.25) is 5.91 Å². The van der Waals surface area contributed by atoms with E-state index in [1.165, 1.54) is 6.42 Å². The molecule has 0 aliphatic heterocycles. The highest BCUT2D eigenvalue weighted by Gasteiger charge is 2.34. The fourth-order valence-electron chi connectivity index (χ4n) is 4.72. The van der Waals surface area contributed by atoms with Gasteiger partial charge in [-0.25, -0.2) is 0 Å². The van der Waals surface area contributed by atoms with Crippen molar-refractivity contribution < 1.29 is 19.1 Å². The smallest absolute Gasteiger partial charge is 0.273 e. The largest absolute Gasteiger partial charge is 0.493 e. The van der Waals surface area contributed by atoms with Crippen molar-refractivity contribution in [2.24, 2.45) is 0 Å². The van der Waals surface area contributed by atoms with Gasteiger partial charge in [-0.15, -0.1) is 0 Å². The van der Waals surface area contributed by atoms with Crippen molar-refractivity contribution >= 4 is 11.8 Å². The highest BCUT2D eigenvalue weighted by Crippen LogP contribution is 2.34. The lowest BCUT2D eigenvalue weighted by Crippen LogP contribution is -2.47. The molecule has 1 aromatic heterocycles. The van der Waals surface area contributed by atoms with Crippen LogP contribution in [-0.4, -0.2) is 42.0 Å². The van der Waals surface area contributed by atoms with E-state index < -0.39 is 6.04 Å². The quantitative estimate of drug-likeness (QED) is 0.463. The number of hydrogen-bond donors (Lipinski definition) is 1. The lowest BCUT2D eigenvalue weighted by Gasteiger charge is -2.33. The maximum Gasteiger partial charge on any atom is 0.273 e. The number of benzene rings is 2. The fourth-order valence-corrected chi connectivity index (χ4v) is 4.72. The van der Waals surface area contributed by atoms with E-state index in [4.69, 9.17) is 9.47 Å². The standard InChI is InChI=1S/C29H33N3O4/c1-35-25-17-16-22(19-26(25)36-2)27(28(33)31-23-13-7-4-8-14-23)32(20-21-11-5-3-6-12-21)29(34)24-15-9-10-18-30-24/h3,5-6,9-12,15-19,23,27H,4,7-8,13-14,20H2,1-2H3,(H,31,33). The second kappa shape index (κ2) is 12.2. The Hall–Kier alpha value is -3.87. The summed E-state index contributed by atoms with van der Waals surface area (Å²) >= 11 is 0. The number of nitrogens with zero attached hydrogens (tertiary/aromatic N) is 2. The van der Waals surface area contributed by atoms with Crippen molar-refractivity contribution in [1.82, 2.24) is 15.2 Å². The van der Waals surface area contributed by atoms with Gasteiger partial charge in [0, 0.05) is 18.8 Å². The third-order valence-corrected chi connectivity index (χ3v) is 6.58. The number of hydrogen-bond acceptors (Lipinski definition) is 5. The zero-order chi connectivity index (χ0) is 25.3. The molecule has 3 aromatic rings. The second-order valence-corrected chi connectivity index (χ2v) is 8.99. The summed E-state index contributed by atoms with van der Waals surface area (Å²) in [6.45, 7) is 0.243. The Kier molecular flexibility index (Phi) is 8.55. The van der Waals surface area contributed by atoms with Crippen LogP contribution in [0.3, 0.4) is 0 Å². The van der Waals surface area contributed by atoms with Crippen LogP contribution >= 0.6 is 0 Å². The topological polar surface area (TPSA) is 80.8 Å². The summed E-state index contributed by atoms with van der Waals surface area (Å²) in [5.41, 5.74) is 1.84. The van der Waals surface area contributed by atoms with E-state index in [9.17, 15) is 9.59 Å². The number of aromatic nitrogens is 1. The molecule has 0 saturated heterocycles. The van der Waals surface area contributed by atoms with Gasteiger partial charge >= 0.3 is 0 Å². The molecule has 0 radical (unpaired) electrons. The summed E-state index contributed by atoms with van der Waals surface area (Å²) in [5.74, 6) is 0.515. The number of carbonyl (C=O) groups is 2. The molecule has 0 spiro atoms. The van der Waals surface area contributed by atoms with Crippen LogP contribution in [0.2, 0.25) is 0 Å². The van der Waals surface area contributed by atoms with Crippen molar-refractivity contribution in [3.05, 3.63) is 89.7 Å². The number of pyridine rings is 1. The molecule has 0 bridgehead atoms. The van der Waals surface area contributed by atoms with E-state index in [2.05, 4.69) is 10.3 Å². The Morgan fingerprint density at radius 3 is 2.33 bits per heavy atom. The lowest BCUT2D eigenvalue weighted by atomic mass is 9.94. The second-order valence-electron chi connectivity index (χ2n) is 8.99. The highest BCUT2D eigenvalue weighted by molar-refractivity contribution is 5.96. The molecule has 36 heavy (non-hydrogen) atoms. The minimum absolute atomic E-state index is 0.0948. The molecular formula is C29H33N3O4. The molecule has 7 nitrogen and oxygen atoms in total. The molecule has 2 aromatic carbocycles.